The van der Waals surface area contributed by atoms with E-state index in [-0.39, 0.29) is 5.91 Å². The summed E-state index contributed by atoms with van der Waals surface area (Å²) >= 11 is 0.306. The fourth-order valence-electron chi connectivity index (χ4n) is 3.63. The largest absolute Gasteiger partial charge is 0.592 e. The van der Waals surface area contributed by atoms with Crippen LogP contribution in [0.2, 0.25) is 0 Å². The van der Waals surface area contributed by atoms with E-state index in [1.54, 1.807) is 6.92 Å². The Morgan fingerprint density at radius 2 is 2.00 bits per heavy atom. The van der Waals surface area contributed by atoms with E-state index in [9.17, 15) is 9.35 Å². The molecule has 2 heterocycles. The Morgan fingerprint density at radius 1 is 1.16 bits per heavy atom. The second-order valence-electron chi connectivity index (χ2n) is 7.51. The Labute approximate surface area is 190 Å². The summed E-state index contributed by atoms with van der Waals surface area (Å²) in [4.78, 5) is 14.1. The monoisotopic (exact) mass is 454 g/mol. The molecule has 0 radical (unpaired) electrons. The smallest absolute Gasteiger partial charge is 0.227 e. The first-order valence-corrected chi connectivity index (χ1v) is 12.3. The van der Waals surface area contributed by atoms with Crippen LogP contribution in [0.1, 0.15) is 23.6 Å². The van der Waals surface area contributed by atoms with Crippen LogP contribution in [0.5, 0.6) is 5.75 Å². The molecule has 0 aliphatic carbocycles. The molecule has 1 aliphatic rings. The highest BCUT2D eigenvalue weighted by molar-refractivity contribution is 7.91. The molecule has 31 heavy (non-hydrogen) atoms. The van der Waals surface area contributed by atoms with Crippen LogP contribution in [-0.2, 0) is 35.7 Å². The fraction of sp³-hybridized carbons (Fsp3) is 0.292. The van der Waals surface area contributed by atoms with Gasteiger partial charge >= 0.3 is 0 Å². The summed E-state index contributed by atoms with van der Waals surface area (Å²) in [5, 5.41) is 1.94. The van der Waals surface area contributed by atoms with Gasteiger partial charge in [-0.2, -0.15) is 0 Å². The predicted octanol–water partition coefficient (Wildman–Crippen LogP) is 4.26. The lowest BCUT2D eigenvalue weighted by Gasteiger charge is -2.23. The molecule has 0 spiro atoms. The number of nitrogens with zero attached hydrogens (tertiary/aromatic N) is 2. The van der Waals surface area contributed by atoms with Crippen molar-refractivity contribution in [2.24, 2.45) is 0 Å². The van der Waals surface area contributed by atoms with Crippen molar-refractivity contribution in [3.8, 4) is 5.75 Å². The maximum Gasteiger partial charge on any atom is 0.227 e. The van der Waals surface area contributed by atoms with Crippen molar-refractivity contribution in [2.45, 2.75) is 30.6 Å². The molecule has 1 amide bonds. The topological polar surface area (TPSA) is 55.8 Å². The summed E-state index contributed by atoms with van der Waals surface area (Å²) in [6, 6.07) is 20.1. The summed E-state index contributed by atoms with van der Waals surface area (Å²) in [5.74, 6) is 0.885. The SMILES string of the molecule is CC(=O)N(CCc1ccccc1)Cc1ccc2c(c1)CN([S+]([O-])c1cccs1)CCO2. The van der Waals surface area contributed by atoms with E-state index < -0.39 is 11.4 Å². The Bertz CT molecular complexity index is 995. The molecule has 5 nitrogen and oxygen atoms in total. The van der Waals surface area contributed by atoms with E-state index in [2.05, 4.69) is 18.2 Å². The van der Waals surface area contributed by atoms with Crippen molar-refractivity contribution in [2.75, 3.05) is 19.7 Å². The number of ether oxygens (including phenoxy) is 1. The van der Waals surface area contributed by atoms with E-state index in [1.165, 1.54) is 16.9 Å². The average Bonchev–Trinajstić information content (AvgIpc) is 3.23. The molecular formula is C24H26N2O3S2. The standard InChI is InChI=1S/C24H26N2O3S2/c1-19(27)25(12-11-20-6-3-2-4-7-20)17-21-9-10-23-22(16-21)18-26(13-14-29-23)31(28)24-8-5-15-30-24/h2-10,15-16H,11-14,17-18H2,1H3. The Balaban J connectivity index is 1.46. The number of rotatable bonds is 7. The lowest BCUT2D eigenvalue weighted by atomic mass is 10.1. The lowest BCUT2D eigenvalue weighted by molar-refractivity contribution is -0.129. The summed E-state index contributed by atoms with van der Waals surface area (Å²) in [5.41, 5.74) is 3.27. The van der Waals surface area contributed by atoms with Gasteiger partial charge in [-0.1, -0.05) is 47.7 Å². The first-order valence-electron chi connectivity index (χ1n) is 10.3. The van der Waals surface area contributed by atoms with Gasteiger partial charge in [-0.15, -0.1) is 4.31 Å². The van der Waals surface area contributed by atoms with Crippen LogP contribution in [0.4, 0.5) is 0 Å². The van der Waals surface area contributed by atoms with Crippen molar-refractivity contribution in [3.63, 3.8) is 0 Å². The molecule has 0 fully saturated rings. The zero-order valence-electron chi connectivity index (χ0n) is 17.5. The highest BCUT2D eigenvalue weighted by atomic mass is 32.2. The zero-order valence-corrected chi connectivity index (χ0v) is 19.2. The summed E-state index contributed by atoms with van der Waals surface area (Å²) in [6.45, 7) is 4.48. The molecule has 3 aromatic rings. The Morgan fingerprint density at radius 3 is 2.74 bits per heavy atom. The molecule has 1 atom stereocenters. The number of fused-ring (bicyclic) bond motifs is 1. The number of hydrogen-bond acceptors (Lipinski definition) is 5. The third-order valence-electron chi connectivity index (χ3n) is 5.30. The van der Waals surface area contributed by atoms with Crippen LogP contribution in [-0.4, -0.2) is 39.4 Å². The van der Waals surface area contributed by atoms with Gasteiger partial charge in [-0.25, -0.2) is 0 Å². The van der Waals surface area contributed by atoms with Crippen LogP contribution in [0.15, 0.2) is 70.3 Å². The van der Waals surface area contributed by atoms with E-state index in [4.69, 9.17) is 4.74 Å². The maximum atomic E-state index is 12.9. The second kappa shape index (κ2) is 10.3. The highest BCUT2D eigenvalue weighted by Gasteiger charge is 2.27. The maximum absolute atomic E-state index is 12.9. The summed E-state index contributed by atoms with van der Waals surface area (Å²) < 4.78 is 21.6. The fourth-order valence-corrected chi connectivity index (χ4v) is 5.84. The molecule has 4 rings (SSSR count). The van der Waals surface area contributed by atoms with Gasteiger partial charge in [-0.05, 0) is 41.1 Å². The Hall–Kier alpha value is -2.32. The average molecular weight is 455 g/mol. The van der Waals surface area contributed by atoms with Gasteiger partial charge in [-0.3, -0.25) is 4.79 Å². The highest BCUT2D eigenvalue weighted by Crippen LogP contribution is 2.29. The third-order valence-corrected chi connectivity index (χ3v) is 7.94. The van der Waals surface area contributed by atoms with Gasteiger partial charge in [0.1, 0.15) is 12.4 Å². The molecule has 0 N–H and O–H groups in total. The van der Waals surface area contributed by atoms with Crippen molar-refractivity contribution in [1.82, 2.24) is 9.21 Å². The normalized spacial score (nSPS) is 14.9. The van der Waals surface area contributed by atoms with E-state index in [0.717, 1.165) is 27.5 Å². The summed E-state index contributed by atoms with van der Waals surface area (Å²) in [6.07, 6.45) is 0.821. The van der Waals surface area contributed by atoms with Crippen molar-refractivity contribution < 1.29 is 14.1 Å². The zero-order chi connectivity index (χ0) is 21.6. The molecule has 1 aromatic heterocycles. The minimum Gasteiger partial charge on any atom is -0.592 e. The van der Waals surface area contributed by atoms with Crippen LogP contribution < -0.4 is 4.74 Å². The second-order valence-corrected chi connectivity index (χ2v) is 10.2. The number of carbonyl (C=O) groups excluding carboxylic acids is 1. The minimum absolute atomic E-state index is 0.0579. The molecule has 0 bridgehead atoms. The number of benzene rings is 2. The first-order chi connectivity index (χ1) is 15.1. The molecule has 2 aromatic carbocycles. The molecule has 1 unspecified atom stereocenters. The summed E-state index contributed by atoms with van der Waals surface area (Å²) in [7, 11) is 0. The molecule has 0 saturated heterocycles. The van der Waals surface area contributed by atoms with Gasteiger partial charge in [0.15, 0.2) is 0 Å². The van der Waals surface area contributed by atoms with Crippen LogP contribution in [0.25, 0.3) is 0 Å². The molecule has 7 heteroatoms. The van der Waals surface area contributed by atoms with Crippen LogP contribution >= 0.6 is 11.3 Å². The first kappa shape index (κ1) is 21.9. The van der Waals surface area contributed by atoms with Gasteiger partial charge in [0, 0.05) is 31.6 Å². The molecule has 0 saturated carbocycles. The van der Waals surface area contributed by atoms with E-state index in [1.807, 2.05) is 57.0 Å². The predicted molar refractivity (Wildman–Crippen MR) is 124 cm³/mol. The minimum atomic E-state index is -1.20. The number of thiophene rings is 1. The van der Waals surface area contributed by atoms with E-state index >= 15 is 0 Å². The number of hydrogen-bond donors (Lipinski definition) is 0. The van der Waals surface area contributed by atoms with Crippen molar-refractivity contribution in [1.29, 1.82) is 0 Å². The quantitative estimate of drug-likeness (QED) is 0.501. The van der Waals surface area contributed by atoms with Crippen molar-refractivity contribution >= 4 is 28.6 Å². The van der Waals surface area contributed by atoms with Gasteiger partial charge in [0.05, 0.1) is 24.5 Å². The third kappa shape index (κ3) is 5.68. The number of amides is 1. The van der Waals surface area contributed by atoms with Gasteiger partial charge in [0.25, 0.3) is 0 Å². The lowest BCUT2D eigenvalue weighted by Crippen LogP contribution is -2.32. The molecule has 162 valence electrons. The Kier molecular flexibility index (Phi) is 7.29. The van der Waals surface area contributed by atoms with Crippen LogP contribution in [0, 0.1) is 0 Å². The van der Waals surface area contributed by atoms with Gasteiger partial charge < -0.3 is 14.2 Å². The molecular weight excluding hydrogens is 428 g/mol. The van der Waals surface area contributed by atoms with E-state index in [0.29, 0.717) is 32.8 Å². The number of carbonyl (C=O) groups is 1. The van der Waals surface area contributed by atoms with Crippen molar-refractivity contribution in [3.05, 3.63) is 82.7 Å². The van der Waals surface area contributed by atoms with Gasteiger partial charge in [0.2, 0.25) is 10.1 Å². The molecule has 1 aliphatic heterocycles. The van der Waals surface area contributed by atoms with Crippen LogP contribution in [0.3, 0.4) is 0 Å².